The third-order valence-electron chi connectivity index (χ3n) is 7.84. The molecule has 0 atom stereocenters. The molecule has 0 N–H and O–H groups in total. The van der Waals surface area contributed by atoms with Gasteiger partial charge in [0.05, 0.1) is 25.0 Å². The molecule has 3 aromatic rings. The van der Waals surface area contributed by atoms with Crippen molar-refractivity contribution >= 4 is 5.91 Å². The summed E-state index contributed by atoms with van der Waals surface area (Å²) in [5, 5.41) is 5.11. The van der Waals surface area contributed by atoms with Crippen molar-refractivity contribution in [3.05, 3.63) is 76.9 Å². The molecule has 1 aliphatic heterocycles. The number of benzene rings is 2. The average Bonchev–Trinajstić information content (AvgIpc) is 3.30. The first-order valence-corrected chi connectivity index (χ1v) is 13.6. The molecule has 2 heterocycles. The first-order chi connectivity index (χ1) is 18.1. The van der Waals surface area contributed by atoms with Crippen molar-refractivity contribution in [2.24, 2.45) is 5.92 Å². The number of hydrogen-bond donors (Lipinski definition) is 0. The Bertz CT molecular complexity index is 1220. The van der Waals surface area contributed by atoms with Crippen molar-refractivity contribution in [2.75, 3.05) is 20.2 Å². The second kappa shape index (κ2) is 11.5. The lowest BCUT2D eigenvalue weighted by molar-refractivity contribution is -0.137. The number of para-hydroxylation sites is 2. The van der Waals surface area contributed by atoms with E-state index in [-0.39, 0.29) is 17.6 Å². The monoisotopic (exact) mass is 504 g/mol. The Balaban J connectivity index is 1.46. The van der Waals surface area contributed by atoms with Crippen LogP contribution in [0.1, 0.15) is 61.5 Å². The van der Waals surface area contributed by atoms with Gasteiger partial charge in [-0.15, -0.1) is 0 Å². The first kappa shape index (κ1) is 25.5. The van der Waals surface area contributed by atoms with E-state index in [0.29, 0.717) is 13.1 Å². The highest BCUT2D eigenvalue weighted by atomic mass is 19.1. The maximum absolute atomic E-state index is 13.4. The van der Waals surface area contributed by atoms with E-state index in [2.05, 4.69) is 11.8 Å². The smallest absolute Gasteiger partial charge is 0.226 e. The van der Waals surface area contributed by atoms with E-state index in [1.807, 2.05) is 46.0 Å². The lowest BCUT2D eigenvalue weighted by Crippen LogP contribution is -2.37. The van der Waals surface area contributed by atoms with Crippen LogP contribution < -0.4 is 4.74 Å². The molecule has 6 nitrogen and oxygen atoms in total. The molecular formula is C30H37FN4O2. The highest BCUT2D eigenvalue weighted by Crippen LogP contribution is 2.32. The van der Waals surface area contributed by atoms with Gasteiger partial charge in [-0.1, -0.05) is 43.5 Å². The van der Waals surface area contributed by atoms with E-state index in [1.165, 1.54) is 29.8 Å². The number of rotatable bonds is 8. The van der Waals surface area contributed by atoms with E-state index in [0.717, 1.165) is 74.4 Å². The van der Waals surface area contributed by atoms with Gasteiger partial charge < -0.3 is 9.64 Å². The molecule has 0 radical (unpaired) electrons. The summed E-state index contributed by atoms with van der Waals surface area (Å²) >= 11 is 0. The minimum absolute atomic E-state index is 0.135. The summed E-state index contributed by atoms with van der Waals surface area (Å²) < 4.78 is 21.1. The third-order valence-corrected chi connectivity index (χ3v) is 7.84. The van der Waals surface area contributed by atoms with Gasteiger partial charge >= 0.3 is 0 Å². The standard InChI is InChI=1S/C30H37FN4O2/c1-3-34(30(36)23-9-5-4-6-10-23)21-26-25-20-33(19-22-13-15-24(31)16-14-22)18-17-27(25)35(32-26)28-11-7-8-12-29(28)37-2/h7-8,11-16,23H,3-6,9-10,17-21H2,1-2H3. The molecule has 37 heavy (non-hydrogen) atoms. The predicted octanol–water partition coefficient (Wildman–Crippen LogP) is 5.51. The minimum Gasteiger partial charge on any atom is -0.494 e. The summed E-state index contributed by atoms with van der Waals surface area (Å²) in [6.07, 6.45) is 6.35. The van der Waals surface area contributed by atoms with E-state index >= 15 is 0 Å². The Kier molecular flexibility index (Phi) is 7.89. The van der Waals surface area contributed by atoms with Crippen LogP contribution in [0, 0.1) is 11.7 Å². The minimum atomic E-state index is -0.215. The zero-order chi connectivity index (χ0) is 25.8. The quantitative estimate of drug-likeness (QED) is 0.406. The van der Waals surface area contributed by atoms with Gasteiger partial charge in [0.1, 0.15) is 17.3 Å². The zero-order valence-corrected chi connectivity index (χ0v) is 22.0. The lowest BCUT2D eigenvalue weighted by atomic mass is 9.88. The normalized spacial score (nSPS) is 16.4. The Hall–Kier alpha value is -3.19. The Morgan fingerprint density at radius 2 is 1.86 bits per heavy atom. The van der Waals surface area contributed by atoms with Crippen molar-refractivity contribution in [3.63, 3.8) is 0 Å². The Morgan fingerprint density at radius 3 is 2.59 bits per heavy atom. The number of amides is 1. The number of aromatic nitrogens is 2. The van der Waals surface area contributed by atoms with Gasteiger partial charge in [0.15, 0.2) is 0 Å². The second-order valence-electron chi connectivity index (χ2n) is 10.2. The molecule has 1 saturated carbocycles. The van der Waals surface area contributed by atoms with E-state index in [1.54, 1.807) is 7.11 Å². The van der Waals surface area contributed by atoms with Crippen LogP contribution in [-0.4, -0.2) is 45.7 Å². The largest absolute Gasteiger partial charge is 0.494 e. The fourth-order valence-corrected chi connectivity index (χ4v) is 5.79. The number of fused-ring (bicyclic) bond motifs is 1. The number of nitrogens with zero attached hydrogens (tertiary/aromatic N) is 4. The molecule has 1 aromatic heterocycles. The van der Waals surface area contributed by atoms with Crippen LogP contribution in [0.15, 0.2) is 48.5 Å². The van der Waals surface area contributed by atoms with Gasteiger partial charge in [-0.25, -0.2) is 9.07 Å². The summed E-state index contributed by atoms with van der Waals surface area (Å²) in [6, 6.07) is 14.7. The summed E-state index contributed by atoms with van der Waals surface area (Å²) in [6.45, 7) is 5.61. The van der Waals surface area contributed by atoms with Crippen molar-refractivity contribution < 1.29 is 13.9 Å². The molecule has 1 amide bonds. The molecule has 7 heteroatoms. The number of ether oxygens (including phenoxy) is 1. The first-order valence-electron chi connectivity index (χ1n) is 13.6. The fourth-order valence-electron chi connectivity index (χ4n) is 5.79. The van der Waals surface area contributed by atoms with E-state index in [9.17, 15) is 9.18 Å². The summed E-state index contributed by atoms with van der Waals surface area (Å²) in [7, 11) is 1.68. The Labute approximate surface area is 219 Å². The molecule has 196 valence electrons. The molecule has 1 aliphatic carbocycles. The highest BCUT2D eigenvalue weighted by Gasteiger charge is 2.30. The van der Waals surface area contributed by atoms with Crippen LogP contribution in [0.2, 0.25) is 0 Å². The topological polar surface area (TPSA) is 50.6 Å². The molecule has 0 unspecified atom stereocenters. The van der Waals surface area contributed by atoms with Crippen LogP contribution in [0.4, 0.5) is 4.39 Å². The summed E-state index contributed by atoms with van der Waals surface area (Å²) in [5.74, 6) is 0.962. The molecule has 0 spiro atoms. The zero-order valence-electron chi connectivity index (χ0n) is 22.0. The summed E-state index contributed by atoms with van der Waals surface area (Å²) in [4.78, 5) is 17.8. The number of carbonyl (C=O) groups excluding carboxylic acids is 1. The van der Waals surface area contributed by atoms with Crippen molar-refractivity contribution in [1.29, 1.82) is 0 Å². The highest BCUT2D eigenvalue weighted by molar-refractivity contribution is 5.79. The van der Waals surface area contributed by atoms with E-state index in [4.69, 9.17) is 9.84 Å². The second-order valence-corrected chi connectivity index (χ2v) is 10.2. The number of hydrogen-bond acceptors (Lipinski definition) is 4. The van der Waals surface area contributed by atoms with Gasteiger partial charge in [0.25, 0.3) is 0 Å². The van der Waals surface area contributed by atoms with Crippen molar-refractivity contribution in [3.8, 4) is 11.4 Å². The maximum atomic E-state index is 13.4. The summed E-state index contributed by atoms with van der Waals surface area (Å²) in [5.41, 5.74) is 5.33. The van der Waals surface area contributed by atoms with Gasteiger partial charge in [-0.2, -0.15) is 5.10 Å². The van der Waals surface area contributed by atoms with Crippen LogP contribution in [0.3, 0.4) is 0 Å². The molecule has 2 aliphatic rings. The number of carbonyl (C=O) groups is 1. The van der Waals surface area contributed by atoms with E-state index < -0.39 is 0 Å². The lowest BCUT2D eigenvalue weighted by Gasteiger charge is -2.30. The van der Waals surface area contributed by atoms with Crippen LogP contribution >= 0.6 is 0 Å². The molecule has 5 rings (SSSR count). The number of halogens is 1. The molecule has 0 bridgehead atoms. The molecule has 1 fully saturated rings. The predicted molar refractivity (Wildman–Crippen MR) is 142 cm³/mol. The average molecular weight is 505 g/mol. The SMILES string of the molecule is CCN(Cc1nn(-c2ccccc2OC)c2c1CN(Cc1ccc(F)cc1)CC2)C(=O)C1CCCCC1. The molecule has 2 aromatic carbocycles. The van der Waals surface area contributed by atoms with Gasteiger partial charge in [0, 0.05) is 44.1 Å². The van der Waals surface area contributed by atoms with Gasteiger partial charge in [-0.3, -0.25) is 9.69 Å². The van der Waals surface area contributed by atoms with Crippen LogP contribution in [0.25, 0.3) is 5.69 Å². The van der Waals surface area contributed by atoms with Crippen molar-refractivity contribution in [1.82, 2.24) is 19.6 Å². The molecule has 0 saturated heterocycles. The van der Waals surface area contributed by atoms with Gasteiger partial charge in [-0.05, 0) is 49.6 Å². The fraction of sp³-hybridized carbons (Fsp3) is 0.467. The maximum Gasteiger partial charge on any atom is 0.226 e. The Morgan fingerprint density at radius 1 is 1.11 bits per heavy atom. The van der Waals surface area contributed by atoms with Crippen molar-refractivity contribution in [2.45, 2.75) is 65.1 Å². The van der Waals surface area contributed by atoms with Crippen LogP contribution in [-0.2, 0) is 30.8 Å². The van der Waals surface area contributed by atoms with Crippen LogP contribution in [0.5, 0.6) is 5.75 Å². The molecular weight excluding hydrogens is 467 g/mol. The van der Waals surface area contributed by atoms with Gasteiger partial charge in [0.2, 0.25) is 5.91 Å². The third kappa shape index (κ3) is 5.57. The number of methoxy groups -OCH3 is 1.